The Kier molecular flexibility index (Phi) is 6.29. The van der Waals surface area contributed by atoms with Gasteiger partial charge in [0.25, 0.3) is 0 Å². The fourth-order valence-corrected chi connectivity index (χ4v) is 4.25. The van der Waals surface area contributed by atoms with Gasteiger partial charge in [-0.3, -0.25) is 9.58 Å². The Morgan fingerprint density at radius 2 is 1.93 bits per heavy atom. The first-order valence-corrected chi connectivity index (χ1v) is 10.8. The summed E-state index contributed by atoms with van der Waals surface area (Å²) in [5.41, 5.74) is 3.15. The summed E-state index contributed by atoms with van der Waals surface area (Å²) < 4.78 is 6.99. The summed E-state index contributed by atoms with van der Waals surface area (Å²) in [6, 6.07) is 9.86. The number of hydrogen-bond donors (Lipinski definition) is 1. The lowest BCUT2D eigenvalue weighted by atomic mass is 10.2. The molecule has 2 aromatic heterocycles. The number of ether oxygens (including phenoxy) is 1. The van der Waals surface area contributed by atoms with Gasteiger partial charge in [-0.1, -0.05) is 0 Å². The highest BCUT2D eigenvalue weighted by molar-refractivity contribution is 7.13. The number of thiazole rings is 1. The maximum absolute atomic E-state index is 12.4. The average Bonchev–Trinajstić information content (AvgIpc) is 3.41. The number of rotatable bonds is 6. The minimum atomic E-state index is -0.0219. The second kappa shape index (κ2) is 9.27. The fraction of sp³-hybridized carbons (Fsp3) is 0.381. The maximum Gasteiger partial charge on any atom is 0.317 e. The number of nitrogens with zero attached hydrogens (tertiary/aromatic N) is 5. The van der Waals surface area contributed by atoms with Crippen LogP contribution in [0.2, 0.25) is 0 Å². The number of benzene rings is 1. The van der Waals surface area contributed by atoms with Gasteiger partial charge in [-0.15, -0.1) is 11.3 Å². The SMILES string of the molecule is COc1ccc(-c2nc(CN3CCN(C(=O)NCc4ccnn4C)CC3)cs2)cc1. The second-order valence-electron chi connectivity index (χ2n) is 7.24. The van der Waals surface area contributed by atoms with Crippen LogP contribution < -0.4 is 10.1 Å². The van der Waals surface area contributed by atoms with Crippen molar-refractivity contribution >= 4 is 17.4 Å². The van der Waals surface area contributed by atoms with Gasteiger partial charge in [0.1, 0.15) is 10.8 Å². The summed E-state index contributed by atoms with van der Waals surface area (Å²) >= 11 is 1.66. The molecule has 4 rings (SSSR count). The first-order valence-electron chi connectivity index (χ1n) is 9.93. The molecule has 1 fully saturated rings. The third-order valence-corrected chi connectivity index (χ3v) is 6.22. The highest BCUT2D eigenvalue weighted by Crippen LogP contribution is 2.26. The lowest BCUT2D eigenvalue weighted by Gasteiger charge is -2.34. The molecule has 1 aliphatic rings. The van der Waals surface area contributed by atoms with E-state index in [0.29, 0.717) is 19.6 Å². The van der Waals surface area contributed by atoms with Crippen LogP contribution in [0.4, 0.5) is 4.79 Å². The smallest absolute Gasteiger partial charge is 0.317 e. The Bertz CT molecular complexity index is 976. The molecule has 0 saturated carbocycles. The van der Waals surface area contributed by atoms with E-state index in [4.69, 9.17) is 9.72 Å². The molecule has 1 aromatic carbocycles. The van der Waals surface area contributed by atoms with E-state index in [0.717, 1.165) is 47.3 Å². The van der Waals surface area contributed by atoms with Crippen molar-refractivity contribution in [2.45, 2.75) is 13.1 Å². The molecule has 9 heteroatoms. The Balaban J connectivity index is 1.25. The quantitative estimate of drug-likeness (QED) is 0.656. The van der Waals surface area contributed by atoms with Crippen molar-refractivity contribution in [3.63, 3.8) is 0 Å². The Morgan fingerprint density at radius 1 is 1.17 bits per heavy atom. The number of piperazine rings is 1. The highest BCUT2D eigenvalue weighted by atomic mass is 32.1. The van der Waals surface area contributed by atoms with Crippen molar-refractivity contribution in [2.75, 3.05) is 33.3 Å². The van der Waals surface area contributed by atoms with Crippen LogP contribution in [0.1, 0.15) is 11.4 Å². The van der Waals surface area contributed by atoms with Crippen LogP contribution in [0, 0.1) is 0 Å². The van der Waals surface area contributed by atoms with Crippen LogP contribution >= 0.6 is 11.3 Å². The zero-order valence-electron chi connectivity index (χ0n) is 17.2. The summed E-state index contributed by atoms with van der Waals surface area (Å²) in [7, 11) is 3.54. The number of hydrogen-bond acceptors (Lipinski definition) is 6. The molecular weight excluding hydrogens is 400 g/mol. The van der Waals surface area contributed by atoms with E-state index in [9.17, 15) is 4.79 Å². The van der Waals surface area contributed by atoms with Crippen LogP contribution in [0.5, 0.6) is 5.75 Å². The van der Waals surface area contributed by atoms with Crippen molar-refractivity contribution < 1.29 is 9.53 Å². The summed E-state index contributed by atoms with van der Waals surface area (Å²) in [5, 5.41) is 10.2. The molecule has 158 valence electrons. The van der Waals surface area contributed by atoms with Crippen molar-refractivity contribution in [1.29, 1.82) is 0 Å². The minimum absolute atomic E-state index is 0.0219. The molecule has 0 unspecified atom stereocenters. The van der Waals surface area contributed by atoms with Gasteiger partial charge in [0.05, 0.1) is 25.0 Å². The average molecular weight is 427 g/mol. The van der Waals surface area contributed by atoms with Gasteiger partial charge in [0, 0.05) is 56.9 Å². The molecule has 0 radical (unpaired) electrons. The molecule has 0 bridgehead atoms. The van der Waals surface area contributed by atoms with E-state index in [1.807, 2.05) is 42.3 Å². The van der Waals surface area contributed by atoms with E-state index in [1.165, 1.54) is 0 Å². The number of nitrogens with one attached hydrogen (secondary N) is 1. The molecule has 1 aliphatic heterocycles. The zero-order chi connectivity index (χ0) is 20.9. The number of amides is 2. The predicted molar refractivity (Wildman–Crippen MR) is 116 cm³/mol. The summed E-state index contributed by atoms with van der Waals surface area (Å²) in [5.74, 6) is 0.845. The van der Waals surface area contributed by atoms with Crippen LogP contribution in [-0.4, -0.2) is 63.9 Å². The third kappa shape index (κ3) is 4.80. The van der Waals surface area contributed by atoms with Crippen LogP contribution in [0.25, 0.3) is 10.6 Å². The van der Waals surface area contributed by atoms with Crippen LogP contribution in [0.3, 0.4) is 0 Å². The third-order valence-electron chi connectivity index (χ3n) is 5.28. The number of urea groups is 1. The summed E-state index contributed by atoms with van der Waals surface area (Å²) in [6.07, 6.45) is 1.73. The van der Waals surface area contributed by atoms with Gasteiger partial charge in [0.15, 0.2) is 0 Å². The largest absolute Gasteiger partial charge is 0.497 e. The first kappa shape index (κ1) is 20.4. The molecule has 8 nitrogen and oxygen atoms in total. The van der Waals surface area contributed by atoms with Crippen molar-refractivity contribution in [3.8, 4) is 16.3 Å². The normalized spacial score (nSPS) is 14.7. The van der Waals surface area contributed by atoms with Crippen LogP contribution in [0.15, 0.2) is 41.9 Å². The monoisotopic (exact) mass is 426 g/mol. The van der Waals surface area contributed by atoms with E-state index >= 15 is 0 Å². The van der Waals surface area contributed by atoms with E-state index < -0.39 is 0 Å². The van der Waals surface area contributed by atoms with Gasteiger partial charge in [-0.2, -0.15) is 5.10 Å². The second-order valence-corrected chi connectivity index (χ2v) is 8.10. The summed E-state index contributed by atoms with van der Waals surface area (Å²) in [6.45, 7) is 4.40. The standard InChI is InChI=1S/C21H26N6O2S/c1-25-18(7-8-23-25)13-22-21(28)27-11-9-26(10-12-27)14-17-15-30-20(24-17)16-3-5-19(29-2)6-4-16/h3-8,15H,9-14H2,1-2H3,(H,22,28). The molecule has 0 aliphatic carbocycles. The van der Waals surface area contributed by atoms with Gasteiger partial charge < -0.3 is 15.0 Å². The van der Waals surface area contributed by atoms with Gasteiger partial charge in [-0.05, 0) is 30.3 Å². The molecule has 3 heterocycles. The number of aromatic nitrogens is 3. The van der Waals surface area contributed by atoms with E-state index in [1.54, 1.807) is 29.3 Å². The highest BCUT2D eigenvalue weighted by Gasteiger charge is 2.21. The maximum atomic E-state index is 12.4. The van der Waals surface area contributed by atoms with E-state index in [-0.39, 0.29) is 6.03 Å². The van der Waals surface area contributed by atoms with Crippen molar-refractivity contribution in [1.82, 2.24) is 29.9 Å². The topological polar surface area (TPSA) is 75.5 Å². The molecule has 2 amide bonds. The molecule has 0 atom stereocenters. The molecule has 3 aromatic rings. The number of carbonyl (C=O) groups is 1. The molecule has 1 saturated heterocycles. The van der Waals surface area contributed by atoms with Crippen molar-refractivity contribution in [3.05, 3.63) is 53.3 Å². The first-order chi connectivity index (χ1) is 14.6. The molecular formula is C21H26N6O2S. The summed E-state index contributed by atoms with van der Waals surface area (Å²) in [4.78, 5) is 21.4. The lowest BCUT2D eigenvalue weighted by molar-refractivity contribution is 0.134. The van der Waals surface area contributed by atoms with Gasteiger partial charge in [-0.25, -0.2) is 9.78 Å². The van der Waals surface area contributed by atoms with E-state index in [2.05, 4.69) is 20.7 Å². The Labute approximate surface area is 180 Å². The van der Waals surface area contributed by atoms with Gasteiger partial charge in [0.2, 0.25) is 0 Å². The molecule has 1 N–H and O–H groups in total. The van der Waals surface area contributed by atoms with Crippen molar-refractivity contribution in [2.24, 2.45) is 7.05 Å². The number of methoxy groups -OCH3 is 1. The Morgan fingerprint density at radius 3 is 2.60 bits per heavy atom. The van der Waals surface area contributed by atoms with Gasteiger partial charge >= 0.3 is 6.03 Å². The van der Waals surface area contributed by atoms with Crippen LogP contribution in [-0.2, 0) is 20.1 Å². The minimum Gasteiger partial charge on any atom is -0.497 e. The number of carbonyl (C=O) groups excluding carboxylic acids is 1. The zero-order valence-corrected chi connectivity index (χ0v) is 18.1. The Hall–Kier alpha value is -2.91. The number of aryl methyl sites for hydroxylation is 1. The predicted octanol–water partition coefficient (Wildman–Crippen LogP) is 2.58. The molecule has 0 spiro atoms. The lowest BCUT2D eigenvalue weighted by Crippen LogP contribution is -2.51. The fourth-order valence-electron chi connectivity index (χ4n) is 3.44. The molecule has 30 heavy (non-hydrogen) atoms.